The van der Waals surface area contributed by atoms with Gasteiger partial charge in [-0.25, -0.2) is 9.25 Å². The molecule has 0 unspecified atom stereocenters. The maximum atomic E-state index is 12.4. The molecule has 0 spiro atoms. The van der Waals surface area contributed by atoms with Gasteiger partial charge in [0.25, 0.3) is 5.91 Å². The Hall–Kier alpha value is -1.12. The van der Waals surface area contributed by atoms with Crippen molar-refractivity contribution in [3.8, 4) is 0 Å². The van der Waals surface area contributed by atoms with E-state index < -0.39 is 20.5 Å². The number of nitrogens with one attached hydrogen (secondary N) is 1. The number of phosphoric ester groups is 1. The highest BCUT2D eigenvalue weighted by Gasteiger charge is 2.24. The van der Waals surface area contributed by atoms with Crippen LogP contribution in [0.3, 0.4) is 0 Å². The first-order valence-electron chi connectivity index (χ1n) is 6.28. The molecule has 0 saturated carbocycles. The van der Waals surface area contributed by atoms with Crippen molar-refractivity contribution in [2.75, 3.05) is 5.32 Å². The number of hydrogen-bond donors (Lipinski definition) is 3. The van der Waals surface area contributed by atoms with E-state index in [1.165, 1.54) is 0 Å². The van der Waals surface area contributed by atoms with Crippen LogP contribution in [0.5, 0.6) is 0 Å². The zero-order valence-corrected chi connectivity index (χ0v) is 15.2. The molecule has 2 rings (SSSR count). The zero-order chi connectivity index (χ0) is 18.1. The molecule has 0 aliphatic carbocycles. The van der Waals surface area contributed by atoms with Crippen molar-refractivity contribution in [2.45, 2.75) is 13.7 Å². The fourth-order valence-corrected chi connectivity index (χ4v) is 2.70. The molecule has 8 nitrogen and oxygen atoms in total. The van der Waals surface area contributed by atoms with Gasteiger partial charge in [-0.05, 0) is 24.6 Å². The summed E-state index contributed by atoms with van der Waals surface area (Å²) in [4.78, 5) is 29.9. The summed E-state index contributed by atoms with van der Waals surface area (Å²) in [6.07, 6.45) is 0. The second kappa shape index (κ2) is 7.41. The Balaban J connectivity index is 2.29. The molecule has 1 heterocycles. The summed E-state index contributed by atoms with van der Waals surface area (Å²) in [5.74, 6) is -0.723. The number of nitrogens with zero attached hydrogens (tertiary/aromatic N) is 2. The molecule has 3 N–H and O–H groups in total. The number of aryl methyl sites for hydroxylation is 1. The fraction of sp³-hybridized carbons (Fsp3) is 0.167. The van der Waals surface area contributed by atoms with Gasteiger partial charge in [-0.15, -0.1) is 0 Å². The largest absolute Gasteiger partial charge is 0.471 e. The van der Waals surface area contributed by atoms with E-state index in [1.54, 1.807) is 18.2 Å². The fourth-order valence-electron chi connectivity index (χ4n) is 1.75. The summed E-state index contributed by atoms with van der Waals surface area (Å²) in [6, 6.07) is 4.99. The van der Waals surface area contributed by atoms with Gasteiger partial charge >= 0.3 is 7.82 Å². The Kier molecular flexibility index (Phi) is 5.93. The second-order valence-corrected chi connectivity index (χ2v) is 7.02. The van der Waals surface area contributed by atoms with Gasteiger partial charge in [0.2, 0.25) is 0 Å². The van der Waals surface area contributed by atoms with E-state index in [4.69, 9.17) is 44.6 Å². The number of aromatic nitrogens is 2. The number of benzene rings is 1. The van der Waals surface area contributed by atoms with Crippen LogP contribution >= 0.6 is 42.6 Å². The van der Waals surface area contributed by atoms with Gasteiger partial charge in [0.05, 0.1) is 10.7 Å². The third-order valence-electron chi connectivity index (χ3n) is 2.79. The predicted molar refractivity (Wildman–Crippen MR) is 89.5 cm³/mol. The molecule has 1 aromatic carbocycles. The minimum atomic E-state index is -4.77. The summed E-state index contributed by atoms with van der Waals surface area (Å²) >= 11 is 17.7. The summed E-state index contributed by atoms with van der Waals surface area (Å²) in [7, 11) is -4.77. The number of phosphoric acid groups is 1. The van der Waals surface area contributed by atoms with Crippen LogP contribution in [0, 0.1) is 6.92 Å². The van der Waals surface area contributed by atoms with E-state index in [-0.39, 0.29) is 15.9 Å². The molecule has 2 aromatic rings. The van der Waals surface area contributed by atoms with Crippen molar-refractivity contribution in [3.05, 3.63) is 44.7 Å². The molecule has 0 aliphatic rings. The average Bonchev–Trinajstić information content (AvgIpc) is 2.74. The Bertz CT molecular complexity index is 836. The Morgan fingerprint density at radius 2 is 2.04 bits per heavy atom. The molecule has 0 fully saturated rings. The lowest BCUT2D eigenvalue weighted by Crippen LogP contribution is -2.19. The van der Waals surface area contributed by atoms with E-state index in [1.807, 2.05) is 6.92 Å². The maximum absolute atomic E-state index is 12.4. The third kappa shape index (κ3) is 4.70. The quantitative estimate of drug-likeness (QED) is 0.646. The summed E-state index contributed by atoms with van der Waals surface area (Å²) < 4.78 is 15.9. The number of anilines is 1. The minimum absolute atomic E-state index is 0.188. The van der Waals surface area contributed by atoms with Crippen molar-refractivity contribution >= 4 is 54.2 Å². The van der Waals surface area contributed by atoms with Crippen LogP contribution in [-0.2, 0) is 15.8 Å². The Labute approximate surface area is 151 Å². The van der Waals surface area contributed by atoms with Crippen LogP contribution in [0.25, 0.3) is 0 Å². The van der Waals surface area contributed by atoms with Crippen LogP contribution in [0.2, 0.25) is 15.2 Å². The lowest BCUT2D eigenvalue weighted by molar-refractivity contribution is 0.0987. The predicted octanol–water partition coefficient (Wildman–Crippen LogP) is 3.47. The van der Waals surface area contributed by atoms with Crippen molar-refractivity contribution in [1.29, 1.82) is 0 Å². The first-order chi connectivity index (χ1) is 11.1. The zero-order valence-electron chi connectivity index (χ0n) is 12.0. The topological polar surface area (TPSA) is 114 Å². The SMILES string of the molecule is Cc1ccc(NC(=O)c2c(Cl)c(Cl)nn2COP(=O)(O)O)c(Cl)c1. The Morgan fingerprint density at radius 1 is 1.38 bits per heavy atom. The standard InChI is InChI=1S/C12H11Cl3N3O5P/c1-6-2-3-8(7(13)4-6)16-12(19)10-9(14)11(15)17-18(10)5-23-24(20,21)22/h2-4H,5H2,1H3,(H,16,19)(H2,20,21,22). The number of carbonyl (C=O) groups is 1. The van der Waals surface area contributed by atoms with Crippen LogP contribution in [0.1, 0.15) is 16.1 Å². The molecule has 0 atom stereocenters. The normalized spacial score (nSPS) is 11.6. The molecular formula is C12H11Cl3N3O5P. The number of carbonyl (C=O) groups excluding carboxylic acids is 1. The highest BCUT2D eigenvalue weighted by atomic mass is 35.5. The molecule has 1 amide bonds. The molecule has 12 heteroatoms. The van der Waals surface area contributed by atoms with Gasteiger partial charge < -0.3 is 15.1 Å². The molecule has 0 bridgehead atoms. The number of rotatable bonds is 5. The van der Waals surface area contributed by atoms with Crippen molar-refractivity contribution in [2.24, 2.45) is 0 Å². The molecule has 0 aliphatic heterocycles. The van der Waals surface area contributed by atoms with Crippen molar-refractivity contribution in [3.63, 3.8) is 0 Å². The monoisotopic (exact) mass is 413 g/mol. The van der Waals surface area contributed by atoms with Gasteiger partial charge in [0.1, 0.15) is 10.7 Å². The summed E-state index contributed by atoms with van der Waals surface area (Å²) in [5.41, 5.74) is 0.994. The van der Waals surface area contributed by atoms with Gasteiger partial charge in [0.15, 0.2) is 11.9 Å². The highest BCUT2D eigenvalue weighted by molar-refractivity contribution is 7.46. The van der Waals surface area contributed by atoms with E-state index in [9.17, 15) is 9.36 Å². The maximum Gasteiger partial charge on any atom is 0.471 e. The highest BCUT2D eigenvalue weighted by Crippen LogP contribution is 2.37. The van der Waals surface area contributed by atoms with Crippen molar-refractivity contribution in [1.82, 2.24) is 9.78 Å². The lowest BCUT2D eigenvalue weighted by atomic mass is 10.2. The first-order valence-corrected chi connectivity index (χ1v) is 8.94. The Morgan fingerprint density at radius 3 is 2.62 bits per heavy atom. The van der Waals surface area contributed by atoms with Gasteiger partial charge in [-0.3, -0.25) is 9.32 Å². The number of amides is 1. The van der Waals surface area contributed by atoms with E-state index in [0.717, 1.165) is 10.2 Å². The average molecular weight is 415 g/mol. The van der Waals surface area contributed by atoms with Gasteiger partial charge in [-0.2, -0.15) is 5.10 Å². The van der Waals surface area contributed by atoms with Crippen LogP contribution in [-0.4, -0.2) is 25.5 Å². The molecule has 0 saturated heterocycles. The number of hydrogen-bond acceptors (Lipinski definition) is 4. The van der Waals surface area contributed by atoms with Gasteiger partial charge in [-0.1, -0.05) is 40.9 Å². The molecular weight excluding hydrogens is 403 g/mol. The third-order valence-corrected chi connectivity index (χ3v) is 4.28. The second-order valence-electron chi connectivity index (χ2n) is 4.64. The first kappa shape index (κ1) is 19.2. The van der Waals surface area contributed by atoms with Crippen LogP contribution < -0.4 is 5.32 Å². The van der Waals surface area contributed by atoms with Crippen LogP contribution in [0.4, 0.5) is 5.69 Å². The molecule has 130 valence electrons. The summed E-state index contributed by atoms with van der Waals surface area (Å²) in [5, 5.41) is 6.13. The smallest absolute Gasteiger partial charge is 0.319 e. The molecule has 1 aromatic heterocycles. The van der Waals surface area contributed by atoms with E-state index in [2.05, 4.69) is 14.9 Å². The minimum Gasteiger partial charge on any atom is -0.319 e. The van der Waals surface area contributed by atoms with E-state index in [0.29, 0.717) is 10.7 Å². The molecule has 24 heavy (non-hydrogen) atoms. The van der Waals surface area contributed by atoms with Crippen LogP contribution in [0.15, 0.2) is 18.2 Å². The van der Waals surface area contributed by atoms with Crippen molar-refractivity contribution < 1.29 is 23.7 Å². The molecule has 0 radical (unpaired) electrons. The lowest BCUT2D eigenvalue weighted by Gasteiger charge is -2.11. The number of halogens is 3. The summed E-state index contributed by atoms with van der Waals surface area (Å²) in [6.45, 7) is 1.11. The van der Waals surface area contributed by atoms with Gasteiger partial charge in [0, 0.05) is 0 Å². The van der Waals surface area contributed by atoms with E-state index >= 15 is 0 Å².